The zero-order chi connectivity index (χ0) is 16.0. The maximum absolute atomic E-state index is 12.0. The molecule has 1 rings (SSSR count). The minimum Gasteiger partial charge on any atom is -0.497 e. The summed E-state index contributed by atoms with van der Waals surface area (Å²) in [4.78, 5) is 23.2. The molecular weight excluding hydrogens is 276 g/mol. The van der Waals surface area contributed by atoms with Crippen LogP contribution < -0.4 is 20.1 Å². The van der Waals surface area contributed by atoms with Crippen LogP contribution in [0.4, 0.5) is 10.5 Å². The first-order chi connectivity index (χ1) is 9.86. The van der Waals surface area contributed by atoms with Gasteiger partial charge < -0.3 is 25.2 Å². The van der Waals surface area contributed by atoms with E-state index < -0.39 is 17.5 Å². The number of carboxylic acid groups (broad SMARTS) is 1. The minimum absolute atomic E-state index is 0.255. The number of anilines is 1. The number of carbonyl (C=O) groups excluding carboxylic acids is 1. The van der Waals surface area contributed by atoms with E-state index in [1.807, 2.05) is 0 Å². The van der Waals surface area contributed by atoms with Crippen molar-refractivity contribution in [3.63, 3.8) is 0 Å². The van der Waals surface area contributed by atoms with Crippen molar-refractivity contribution >= 4 is 17.7 Å². The van der Waals surface area contributed by atoms with Gasteiger partial charge in [0.15, 0.2) is 0 Å². The van der Waals surface area contributed by atoms with Crippen molar-refractivity contribution in [2.45, 2.75) is 25.8 Å². The van der Waals surface area contributed by atoms with Crippen molar-refractivity contribution in [1.82, 2.24) is 5.32 Å². The molecule has 0 aliphatic heterocycles. The Morgan fingerprint density at radius 2 is 1.95 bits per heavy atom. The quantitative estimate of drug-likeness (QED) is 0.746. The number of rotatable bonds is 6. The molecule has 0 fully saturated rings. The predicted octanol–water partition coefficient (Wildman–Crippen LogP) is 2.08. The average molecular weight is 296 g/mol. The van der Waals surface area contributed by atoms with E-state index in [2.05, 4.69) is 10.6 Å². The molecule has 0 aliphatic carbocycles. The summed E-state index contributed by atoms with van der Waals surface area (Å²) in [6.45, 7) is 3.12. The summed E-state index contributed by atoms with van der Waals surface area (Å²) in [6, 6.07) is 4.29. The second kappa shape index (κ2) is 6.83. The lowest BCUT2D eigenvalue weighted by Crippen LogP contribution is -2.53. The number of aliphatic carboxylic acids is 1. The summed E-state index contributed by atoms with van der Waals surface area (Å²) in [5.74, 6) is -0.111. The SMILES string of the molecule is CCC(C)(NC(=O)Nc1cc(OC)ccc1OC)C(=O)O. The fourth-order valence-corrected chi connectivity index (χ4v) is 1.61. The van der Waals surface area contributed by atoms with Crippen LogP contribution in [0.15, 0.2) is 18.2 Å². The molecule has 0 aliphatic rings. The van der Waals surface area contributed by atoms with Crippen molar-refractivity contribution in [3.8, 4) is 11.5 Å². The molecule has 21 heavy (non-hydrogen) atoms. The molecule has 0 saturated heterocycles. The van der Waals surface area contributed by atoms with Gasteiger partial charge in [0.25, 0.3) is 0 Å². The predicted molar refractivity (Wildman–Crippen MR) is 78.0 cm³/mol. The number of hydrogen-bond acceptors (Lipinski definition) is 4. The summed E-state index contributed by atoms with van der Waals surface area (Å²) in [6.07, 6.45) is 0.255. The van der Waals surface area contributed by atoms with E-state index in [9.17, 15) is 9.59 Å². The molecule has 0 radical (unpaired) electrons. The lowest BCUT2D eigenvalue weighted by atomic mass is 10.00. The molecule has 0 spiro atoms. The molecule has 0 heterocycles. The first kappa shape index (κ1) is 16.6. The Bertz CT molecular complexity index is 532. The smallest absolute Gasteiger partial charge is 0.329 e. The average Bonchev–Trinajstić information content (AvgIpc) is 2.46. The molecule has 1 aromatic carbocycles. The van der Waals surface area contributed by atoms with Crippen molar-refractivity contribution in [1.29, 1.82) is 0 Å². The van der Waals surface area contributed by atoms with Crippen LogP contribution in [0.1, 0.15) is 20.3 Å². The fourth-order valence-electron chi connectivity index (χ4n) is 1.61. The molecule has 1 unspecified atom stereocenters. The van der Waals surface area contributed by atoms with Crippen LogP contribution in [0.5, 0.6) is 11.5 Å². The molecule has 0 saturated carbocycles. The van der Waals surface area contributed by atoms with Crippen molar-refractivity contribution in [2.24, 2.45) is 0 Å². The largest absolute Gasteiger partial charge is 0.497 e. The molecule has 7 heteroatoms. The summed E-state index contributed by atoms with van der Waals surface area (Å²) >= 11 is 0. The maximum Gasteiger partial charge on any atom is 0.329 e. The minimum atomic E-state index is -1.34. The van der Waals surface area contributed by atoms with Crippen LogP contribution in [0.25, 0.3) is 0 Å². The Balaban J connectivity index is 2.90. The third-order valence-corrected chi connectivity index (χ3v) is 3.22. The molecule has 116 valence electrons. The number of nitrogens with one attached hydrogen (secondary N) is 2. The van der Waals surface area contributed by atoms with E-state index >= 15 is 0 Å². The van der Waals surface area contributed by atoms with Crippen LogP contribution in [0.3, 0.4) is 0 Å². The Labute approximate surface area is 123 Å². The summed E-state index contributed by atoms with van der Waals surface area (Å²) < 4.78 is 10.2. The number of methoxy groups -OCH3 is 2. The zero-order valence-electron chi connectivity index (χ0n) is 12.5. The number of hydrogen-bond donors (Lipinski definition) is 3. The van der Waals surface area contributed by atoms with Crippen LogP contribution in [0, 0.1) is 0 Å². The van der Waals surface area contributed by atoms with Gasteiger partial charge >= 0.3 is 12.0 Å². The summed E-state index contributed by atoms with van der Waals surface area (Å²) in [5, 5.41) is 14.1. The van der Waals surface area contributed by atoms with Gasteiger partial charge in [-0.3, -0.25) is 0 Å². The lowest BCUT2D eigenvalue weighted by molar-refractivity contribution is -0.143. The van der Waals surface area contributed by atoms with Crippen LogP contribution in [0.2, 0.25) is 0 Å². The Morgan fingerprint density at radius 1 is 1.29 bits per heavy atom. The number of benzene rings is 1. The molecule has 0 aromatic heterocycles. The fraction of sp³-hybridized carbons (Fsp3) is 0.429. The maximum atomic E-state index is 12.0. The van der Waals surface area contributed by atoms with Gasteiger partial charge in [-0.05, 0) is 25.5 Å². The van der Waals surface area contributed by atoms with Gasteiger partial charge in [0.2, 0.25) is 0 Å². The standard InChI is InChI=1S/C14H20N2O5/c1-5-14(2,12(17)18)16-13(19)15-10-8-9(20-3)6-7-11(10)21-4/h6-8H,5H2,1-4H3,(H,17,18)(H2,15,16,19). The van der Waals surface area contributed by atoms with Gasteiger partial charge in [-0.1, -0.05) is 6.92 Å². The van der Waals surface area contributed by atoms with Crippen molar-refractivity contribution in [2.75, 3.05) is 19.5 Å². The van der Waals surface area contributed by atoms with Gasteiger partial charge in [0.05, 0.1) is 19.9 Å². The molecule has 1 atom stereocenters. The van der Waals surface area contributed by atoms with Crippen LogP contribution in [-0.4, -0.2) is 36.9 Å². The highest BCUT2D eigenvalue weighted by atomic mass is 16.5. The van der Waals surface area contributed by atoms with Gasteiger partial charge in [-0.2, -0.15) is 0 Å². The monoisotopic (exact) mass is 296 g/mol. The molecular formula is C14H20N2O5. The van der Waals surface area contributed by atoms with E-state index in [4.69, 9.17) is 14.6 Å². The number of urea groups is 1. The molecule has 1 aromatic rings. The number of ether oxygens (including phenoxy) is 2. The Kier molecular flexibility index (Phi) is 5.40. The topological polar surface area (TPSA) is 96.9 Å². The van der Waals surface area contributed by atoms with E-state index in [0.717, 1.165) is 0 Å². The van der Waals surface area contributed by atoms with E-state index in [1.54, 1.807) is 25.1 Å². The molecule has 2 amide bonds. The van der Waals surface area contributed by atoms with Gasteiger partial charge in [0, 0.05) is 6.07 Å². The van der Waals surface area contributed by atoms with Gasteiger partial charge in [-0.25, -0.2) is 9.59 Å². The Hall–Kier alpha value is -2.44. The second-order valence-electron chi connectivity index (χ2n) is 4.64. The van der Waals surface area contributed by atoms with E-state index in [-0.39, 0.29) is 6.42 Å². The highest BCUT2D eigenvalue weighted by Crippen LogP contribution is 2.28. The molecule has 0 bridgehead atoms. The van der Waals surface area contributed by atoms with Crippen LogP contribution >= 0.6 is 0 Å². The lowest BCUT2D eigenvalue weighted by Gasteiger charge is -2.25. The molecule has 7 nitrogen and oxygen atoms in total. The van der Waals surface area contributed by atoms with Gasteiger partial charge in [-0.15, -0.1) is 0 Å². The normalized spacial score (nSPS) is 13.0. The Morgan fingerprint density at radius 3 is 2.43 bits per heavy atom. The highest BCUT2D eigenvalue weighted by Gasteiger charge is 2.32. The molecule has 3 N–H and O–H groups in total. The number of amides is 2. The zero-order valence-corrected chi connectivity index (χ0v) is 12.5. The summed E-state index contributed by atoms with van der Waals surface area (Å²) in [7, 11) is 2.97. The van der Waals surface area contributed by atoms with E-state index in [1.165, 1.54) is 21.1 Å². The third-order valence-electron chi connectivity index (χ3n) is 3.22. The highest BCUT2D eigenvalue weighted by molar-refractivity contribution is 5.95. The van der Waals surface area contributed by atoms with Crippen LogP contribution in [-0.2, 0) is 4.79 Å². The first-order valence-corrected chi connectivity index (χ1v) is 6.41. The second-order valence-corrected chi connectivity index (χ2v) is 4.64. The third kappa shape index (κ3) is 4.01. The summed E-state index contributed by atoms with van der Waals surface area (Å²) in [5.41, 5.74) is -0.950. The number of carbonyl (C=O) groups is 2. The number of carboxylic acids is 1. The van der Waals surface area contributed by atoms with Crippen molar-refractivity contribution < 1.29 is 24.2 Å². The van der Waals surface area contributed by atoms with Gasteiger partial charge in [0.1, 0.15) is 17.0 Å². The first-order valence-electron chi connectivity index (χ1n) is 6.41. The van der Waals surface area contributed by atoms with E-state index in [0.29, 0.717) is 17.2 Å². The van der Waals surface area contributed by atoms with Crippen molar-refractivity contribution in [3.05, 3.63) is 18.2 Å².